The number of methoxy groups -OCH3 is 1. The van der Waals surface area contributed by atoms with E-state index in [1.165, 1.54) is 0 Å². The van der Waals surface area contributed by atoms with Gasteiger partial charge in [0.25, 0.3) is 11.5 Å². The van der Waals surface area contributed by atoms with Crippen LogP contribution in [0.15, 0.2) is 34.2 Å². The molecule has 23 heavy (non-hydrogen) atoms. The summed E-state index contributed by atoms with van der Waals surface area (Å²) in [6, 6.07) is 7.32. The number of benzene rings is 1. The van der Waals surface area contributed by atoms with Crippen molar-refractivity contribution < 1.29 is 4.74 Å². The van der Waals surface area contributed by atoms with Gasteiger partial charge in [-0.1, -0.05) is 20.8 Å². The van der Waals surface area contributed by atoms with Crippen molar-refractivity contribution in [3.05, 3.63) is 45.9 Å². The molecule has 0 radical (unpaired) electrons. The van der Waals surface area contributed by atoms with Crippen LogP contribution >= 0.6 is 0 Å². The minimum atomic E-state index is -0.434. The number of nitrogens with two attached hydrogens (primary N) is 1. The average Bonchev–Trinajstić information content (AvgIpc) is 2.51. The third-order valence-corrected chi connectivity index (χ3v) is 3.10. The average molecular weight is 316 g/mol. The van der Waals surface area contributed by atoms with Gasteiger partial charge >= 0.3 is 0 Å². The van der Waals surface area contributed by atoms with Crippen molar-refractivity contribution in [1.82, 2.24) is 14.9 Å². The fourth-order valence-electron chi connectivity index (χ4n) is 1.80. The van der Waals surface area contributed by atoms with Crippen molar-refractivity contribution >= 4 is 12.2 Å². The normalized spacial score (nSPS) is 11.7. The Kier molecular flexibility index (Phi) is 4.63. The molecule has 2 rings (SSSR count). The fourth-order valence-corrected chi connectivity index (χ4v) is 1.80. The van der Waals surface area contributed by atoms with Gasteiger partial charge in [0.1, 0.15) is 11.4 Å². The lowest BCUT2D eigenvalue weighted by Gasteiger charge is -2.16. The second-order valence-electron chi connectivity index (χ2n) is 5.94. The number of rotatable bonds is 4. The first-order chi connectivity index (χ1) is 10.8. The van der Waals surface area contributed by atoms with E-state index < -0.39 is 11.0 Å². The Bertz CT molecular complexity index is 759. The Balaban J connectivity index is 2.16. The number of nitrogens with one attached hydrogen (secondary N) is 1. The summed E-state index contributed by atoms with van der Waals surface area (Å²) < 4.78 is 5.98. The smallest absolute Gasteiger partial charge is 0.295 e. The van der Waals surface area contributed by atoms with Crippen molar-refractivity contribution in [3.8, 4) is 5.75 Å². The van der Waals surface area contributed by atoms with Crippen LogP contribution in [0, 0.1) is 0 Å². The maximum absolute atomic E-state index is 12.2. The van der Waals surface area contributed by atoms with Crippen LogP contribution in [0.2, 0.25) is 0 Å². The van der Waals surface area contributed by atoms with Gasteiger partial charge in [-0.15, -0.1) is 10.2 Å². The lowest BCUT2D eigenvalue weighted by atomic mass is 9.93. The van der Waals surface area contributed by atoms with E-state index in [-0.39, 0.29) is 5.95 Å². The zero-order chi connectivity index (χ0) is 17.0. The number of aromatic nitrogens is 3. The number of nitrogen functional groups attached to an aromatic ring is 1. The van der Waals surface area contributed by atoms with E-state index >= 15 is 0 Å². The molecule has 0 saturated heterocycles. The molecule has 0 aliphatic rings. The summed E-state index contributed by atoms with van der Waals surface area (Å²) in [6.07, 6.45) is 1.57. The molecule has 0 spiro atoms. The summed E-state index contributed by atoms with van der Waals surface area (Å²) in [6.45, 7) is 5.61. The predicted octanol–water partition coefficient (Wildman–Crippen LogP) is 1.10. The number of hydrogen-bond donors (Lipinski definition) is 2. The van der Waals surface area contributed by atoms with Crippen LogP contribution in [-0.2, 0) is 5.41 Å². The summed E-state index contributed by atoms with van der Waals surface area (Å²) >= 11 is 0. The molecule has 0 unspecified atom stereocenters. The SMILES string of the molecule is COc1ccc(/C=N/Nc2nnc(C(C)(C)C)c(=O)n2N)cc1. The molecule has 3 N–H and O–H groups in total. The Morgan fingerprint density at radius 3 is 2.48 bits per heavy atom. The van der Waals surface area contributed by atoms with E-state index in [9.17, 15) is 4.79 Å². The van der Waals surface area contributed by atoms with Gasteiger partial charge in [-0.05, 0) is 29.8 Å². The largest absolute Gasteiger partial charge is 0.497 e. The first-order valence-corrected chi connectivity index (χ1v) is 7.01. The van der Waals surface area contributed by atoms with Gasteiger partial charge in [0.2, 0.25) is 0 Å². The molecule has 0 saturated carbocycles. The molecule has 1 heterocycles. The quantitative estimate of drug-likeness (QED) is 0.497. The Morgan fingerprint density at radius 2 is 1.91 bits per heavy atom. The molecular formula is C15H20N6O2. The monoisotopic (exact) mass is 316 g/mol. The molecular weight excluding hydrogens is 296 g/mol. The molecule has 8 nitrogen and oxygen atoms in total. The van der Waals surface area contributed by atoms with E-state index in [1.807, 2.05) is 45.0 Å². The van der Waals surface area contributed by atoms with E-state index in [0.717, 1.165) is 16.0 Å². The number of hydrogen-bond acceptors (Lipinski definition) is 7. The summed E-state index contributed by atoms with van der Waals surface area (Å²) in [7, 11) is 1.60. The van der Waals surface area contributed by atoms with Crippen molar-refractivity contribution in [2.24, 2.45) is 5.10 Å². The number of hydrazone groups is 1. The minimum Gasteiger partial charge on any atom is -0.497 e. The minimum absolute atomic E-state index is 0.0627. The van der Waals surface area contributed by atoms with Crippen LogP contribution in [0.1, 0.15) is 32.0 Å². The highest BCUT2D eigenvalue weighted by molar-refractivity contribution is 5.80. The van der Waals surface area contributed by atoms with E-state index in [4.69, 9.17) is 10.6 Å². The van der Waals surface area contributed by atoms with Crippen molar-refractivity contribution in [2.75, 3.05) is 18.4 Å². The summed E-state index contributed by atoms with van der Waals surface area (Å²) in [5.74, 6) is 6.57. The third-order valence-electron chi connectivity index (χ3n) is 3.10. The molecule has 1 aromatic heterocycles. The van der Waals surface area contributed by atoms with Crippen LogP contribution < -0.4 is 21.6 Å². The van der Waals surface area contributed by atoms with Gasteiger partial charge in [-0.25, -0.2) is 5.43 Å². The first-order valence-electron chi connectivity index (χ1n) is 7.01. The van der Waals surface area contributed by atoms with Crippen LogP contribution in [0.5, 0.6) is 5.75 Å². The fraction of sp³-hybridized carbons (Fsp3) is 0.333. The van der Waals surface area contributed by atoms with Crippen LogP contribution in [0.25, 0.3) is 0 Å². The summed E-state index contributed by atoms with van der Waals surface area (Å²) in [5.41, 5.74) is 2.92. The molecule has 0 aliphatic carbocycles. The molecule has 1 aromatic carbocycles. The molecule has 8 heteroatoms. The second-order valence-corrected chi connectivity index (χ2v) is 5.94. The van der Waals surface area contributed by atoms with Crippen LogP contribution in [0.3, 0.4) is 0 Å². The zero-order valence-corrected chi connectivity index (χ0v) is 13.6. The number of nitrogens with zero attached hydrogens (tertiary/aromatic N) is 4. The van der Waals surface area contributed by atoms with E-state index in [2.05, 4.69) is 20.7 Å². The van der Waals surface area contributed by atoms with Gasteiger partial charge in [-0.2, -0.15) is 9.78 Å². The van der Waals surface area contributed by atoms with Gasteiger partial charge in [0.15, 0.2) is 0 Å². The lowest BCUT2D eigenvalue weighted by molar-refractivity contribution is 0.415. The van der Waals surface area contributed by atoms with Gasteiger partial charge in [0, 0.05) is 5.41 Å². The Hall–Kier alpha value is -2.90. The topological polar surface area (TPSA) is 107 Å². The molecule has 0 fully saturated rings. The maximum Gasteiger partial charge on any atom is 0.295 e. The highest BCUT2D eigenvalue weighted by atomic mass is 16.5. The van der Waals surface area contributed by atoms with Gasteiger partial charge in [0.05, 0.1) is 13.3 Å². The third kappa shape index (κ3) is 3.85. The Labute approximate surface area is 134 Å². The van der Waals surface area contributed by atoms with E-state index in [0.29, 0.717) is 5.69 Å². The second kappa shape index (κ2) is 6.47. The zero-order valence-electron chi connectivity index (χ0n) is 13.6. The maximum atomic E-state index is 12.2. The Morgan fingerprint density at radius 1 is 1.26 bits per heavy atom. The summed E-state index contributed by atoms with van der Waals surface area (Å²) in [4.78, 5) is 12.2. The summed E-state index contributed by atoms with van der Waals surface area (Å²) in [5, 5.41) is 11.9. The highest BCUT2D eigenvalue weighted by Gasteiger charge is 2.22. The first kappa shape index (κ1) is 16.5. The van der Waals surface area contributed by atoms with Gasteiger partial charge < -0.3 is 10.6 Å². The molecule has 122 valence electrons. The molecule has 2 aromatic rings. The molecule has 0 atom stereocenters. The van der Waals surface area contributed by atoms with E-state index in [1.54, 1.807) is 13.3 Å². The highest BCUT2D eigenvalue weighted by Crippen LogP contribution is 2.15. The van der Waals surface area contributed by atoms with Crippen molar-refractivity contribution in [2.45, 2.75) is 26.2 Å². The van der Waals surface area contributed by atoms with Crippen molar-refractivity contribution in [3.63, 3.8) is 0 Å². The predicted molar refractivity (Wildman–Crippen MR) is 89.4 cm³/mol. The molecule has 0 bridgehead atoms. The van der Waals surface area contributed by atoms with Gasteiger partial charge in [-0.3, -0.25) is 4.79 Å². The van der Waals surface area contributed by atoms with Crippen LogP contribution in [-0.4, -0.2) is 28.2 Å². The lowest BCUT2D eigenvalue weighted by Crippen LogP contribution is -2.38. The number of ether oxygens (including phenoxy) is 1. The standard InChI is InChI=1S/C15H20N6O2/c1-15(2,3)12-13(22)21(16)14(20-18-12)19-17-9-10-5-7-11(23-4)8-6-10/h5-9H,16H2,1-4H3,(H,19,20)/b17-9+. The number of anilines is 1. The van der Waals surface area contributed by atoms with Crippen molar-refractivity contribution in [1.29, 1.82) is 0 Å². The molecule has 0 amide bonds. The van der Waals surface area contributed by atoms with Crippen LogP contribution in [0.4, 0.5) is 5.95 Å². The molecule has 0 aliphatic heterocycles.